The van der Waals surface area contributed by atoms with Crippen molar-refractivity contribution in [3.8, 4) is 0 Å². The molecule has 3 heteroatoms. The van der Waals surface area contributed by atoms with Gasteiger partial charge in [0, 0.05) is 12.7 Å². The van der Waals surface area contributed by atoms with Crippen LogP contribution < -0.4 is 5.32 Å². The molecule has 0 saturated heterocycles. The van der Waals surface area contributed by atoms with Crippen molar-refractivity contribution in [1.29, 1.82) is 0 Å². The molecule has 0 aliphatic heterocycles. The molecule has 0 unspecified atom stereocenters. The molecule has 2 rings (SSSR count). The molecular formula is C12H14N2S. The van der Waals surface area contributed by atoms with E-state index >= 15 is 0 Å². The Morgan fingerprint density at radius 2 is 2.20 bits per heavy atom. The minimum absolute atomic E-state index is 0.853. The van der Waals surface area contributed by atoms with Crippen molar-refractivity contribution in [1.82, 2.24) is 4.98 Å². The van der Waals surface area contributed by atoms with Crippen LogP contribution >= 0.6 is 11.3 Å². The Kier molecular flexibility index (Phi) is 3.02. The van der Waals surface area contributed by atoms with Crippen LogP contribution in [0.5, 0.6) is 0 Å². The summed E-state index contributed by atoms with van der Waals surface area (Å²) in [6.45, 7) is 5.06. The number of hydrogen-bond donors (Lipinski definition) is 1. The number of aromatic nitrogens is 1. The van der Waals surface area contributed by atoms with E-state index in [-0.39, 0.29) is 0 Å². The molecule has 0 aliphatic rings. The molecule has 2 aromatic rings. The third kappa shape index (κ3) is 2.57. The summed E-state index contributed by atoms with van der Waals surface area (Å²) in [5.74, 6) is 0.945. The average molecular weight is 218 g/mol. The smallest absolute Gasteiger partial charge is 0.126 e. The number of rotatable bonds is 3. The van der Waals surface area contributed by atoms with Gasteiger partial charge in [-0.15, -0.1) is 0 Å². The second-order valence-corrected chi connectivity index (χ2v) is 4.40. The van der Waals surface area contributed by atoms with Crippen LogP contribution in [0.15, 0.2) is 29.1 Å². The van der Waals surface area contributed by atoms with Gasteiger partial charge in [0.05, 0.1) is 0 Å². The van der Waals surface area contributed by atoms with Crippen molar-refractivity contribution in [3.05, 3.63) is 45.8 Å². The highest BCUT2D eigenvalue weighted by molar-refractivity contribution is 7.08. The fraction of sp³-hybridized carbons (Fsp3) is 0.250. The minimum Gasteiger partial charge on any atom is -0.366 e. The first kappa shape index (κ1) is 10.2. The fourth-order valence-corrected chi connectivity index (χ4v) is 2.24. The van der Waals surface area contributed by atoms with Crippen LogP contribution in [0.1, 0.15) is 16.7 Å². The first-order chi connectivity index (χ1) is 7.25. The zero-order valence-electron chi connectivity index (χ0n) is 8.95. The second kappa shape index (κ2) is 4.45. The Morgan fingerprint density at radius 3 is 2.87 bits per heavy atom. The van der Waals surface area contributed by atoms with Crippen molar-refractivity contribution < 1.29 is 0 Å². The Hall–Kier alpha value is -1.35. The van der Waals surface area contributed by atoms with E-state index in [1.165, 1.54) is 16.7 Å². The summed E-state index contributed by atoms with van der Waals surface area (Å²) in [5, 5.41) is 7.67. The van der Waals surface area contributed by atoms with Crippen LogP contribution in [0.2, 0.25) is 0 Å². The van der Waals surface area contributed by atoms with E-state index in [9.17, 15) is 0 Å². The van der Waals surface area contributed by atoms with Gasteiger partial charge in [-0.25, -0.2) is 4.98 Å². The fourth-order valence-electron chi connectivity index (χ4n) is 1.39. The Morgan fingerprint density at radius 1 is 1.33 bits per heavy atom. The quantitative estimate of drug-likeness (QED) is 0.854. The average Bonchev–Trinajstić information content (AvgIpc) is 2.61. The summed E-state index contributed by atoms with van der Waals surface area (Å²) in [6, 6.07) is 4.06. The molecule has 0 spiro atoms. The SMILES string of the molecule is Cc1ccnc(NCc2cscc2C)c1. The lowest BCUT2D eigenvalue weighted by atomic mass is 10.2. The first-order valence-corrected chi connectivity index (χ1v) is 5.88. The van der Waals surface area contributed by atoms with Crippen LogP contribution in [-0.2, 0) is 6.54 Å². The van der Waals surface area contributed by atoms with E-state index < -0.39 is 0 Å². The lowest BCUT2D eigenvalue weighted by Crippen LogP contribution is -2.01. The van der Waals surface area contributed by atoms with Gasteiger partial charge in [-0.2, -0.15) is 11.3 Å². The molecule has 0 aromatic carbocycles. The zero-order chi connectivity index (χ0) is 10.7. The van der Waals surface area contributed by atoms with Crippen molar-refractivity contribution >= 4 is 17.2 Å². The molecule has 0 aliphatic carbocycles. The topological polar surface area (TPSA) is 24.9 Å². The number of nitrogens with one attached hydrogen (secondary N) is 1. The summed E-state index contributed by atoms with van der Waals surface area (Å²) < 4.78 is 0. The molecule has 15 heavy (non-hydrogen) atoms. The highest BCUT2D eigenvalue weighted by Gasteiger charge is 1.99. The molecule has 78 valence electrons. The molecular weight excluding hydrogens is 204 g/mol. The normalized spacial score (nSPS) is 10.3. The number of thiophene rings is 1. The molecule has 0 fully saturated rings. The van der Waals surface area contributed by atoms with Crippen molar-refractivity contribution in [2.45, 2.75) is 20.4 Å². The minimum atomic E-state index is 0.853. The third-order valence-corrected chi connectivity index (χ3v) is 3.25. The van der Waals surface area contributed by atoms with Gasteiger partial charge in [0.2, 0.25) is 0 Å². The molecule has 0 radical (unpaired) electrons. The first-order valence-electron chi connectivity index (χ1n) is 4.94. The number of nitrogens with zero attached hydrogens (tertiary/aromatic N) is 1. The van der Waals surface area contributed by atoms with Crippen LogP contribution in [0.25, 0.3) is 0 Å². The summed E-state index contributed by atoms with van der Waals surface area (Å²) in [6.07, 6.45) is 1.83. The Bertz CT molecular complexity index is 448. The molecule has 2 heterocycles. The number of anilines is 1. The number of pyridine rings is 1. The highest BCUT2D eigenvalue weighted by atomic mass is 32.1. The molecule has 0 amide bonds. The molecule has 1 N–H and O–H groups in total. The predicted molar refractivity (Wildman–Crippen MR) is 65.4 cm³/mol. The van der Waals surface area contributed by atoms with Crippen molar-refractivity contribution in [2.24, 2.45) is 0 Å². The van der Waals surface area contributed by atoms with Gasteiger partial charge in [-0.05, 0) is 53.4 Å². The number of hydrogen-bond acceptors (Lipinski definition) is 3. The van der Waals surface area contributed by atoms with Crippen LogP contribution in [0.4, 0.5) is 5.82 Å². The molecule has 0 bridgehead atoms. The summed E-state index contributed by atoms with van der Waals surface area (Å²) in [5.41, 5.74) is 3.93. The van der Waals surface area contributed by atoms with E-state index in [1.807, 2.05) is 12.3 Å². The van der Waals surface area contributed by atoms with E-state index in [0.717, 1.165) is 12.4 Å². The monoisotopic (exact) mass is 218 g/mol. The predicted octanol–water partition coefficient (Wildman–Crippen LogP) is 3.37. The Labute approximate surface area is 94.0 Å². The van der Waals surface area contributed by atoms with Gasteiger partial charge in [0.15, 0.2) is 0 Å². The largest absolute Gasteiger partial charge is 0.366 e. The van der Waals surface area contributed by atoms with Crippen LogP contribution in [0.3, 0.4) is 0 Å². The van der Waals surface area contributed by atoms with Gasteiger partial charge in [-0.1, -0.05) is 0 Å². The van der Waals surface area contributed by atoms with Crippen molar-refractivity contribution in [3.63, 3.8) is 0 Å². The molecule has 0 atom stereocenters. The summed E-state index contributed by atoms with van der Waals surface area (Å²) >= 11 is 1.74. The van der Waals surface area contributed by atoms with E-state index in [4.69, 9.17) is 0 Å². The van der Waals surface area contributed by atoms with Crippen LogP contribution in [-0.4, -0.2) is 4.98 Å². The standard InChI is InChI=1S/C12H14N2S/c1-9-3-4-13-12(5-9)14-6-11-8-15-7-10(11)2/h3-5,7-8H,6H2,1-2H3,(H,13,14). The molecule has 2 nitrogen and oxygen atoms in total. The lowest BCUT2D eigenvalue weighted by Gasteiger charge is -2.05. The third-order valence-electron chi connectivity index (χ3n) is 2.34. The van der Waals surface area contributed by atoms with E-state index in [0.29, 0.717) is 0 Å². The molecule has 0 saturated carbocycles. The van der Waals surface area contributed by atoms with Gasteiger partial charge >= 0.3 is 0 Å². The highest BCUT2D eigenvalue weighted by Crippen LogP contribution is 2.15. The van der Waals surface area contributed by atoms with E-state index in [2.05, 4.69) is 41.0 Å². The van der Waals surface area contributed by atoms with Crippen LogP contribution in [0, 0.1) is 13.8 Å². The van der Waals surface area contributed by atoms with Gasteiger partial charge in [0.1, 0.15) is 5.82 Å². The maximum atomic E-state index is 4.26. The molecule has 2 aromatic heterocycles. The van der Waals surface area contributed by atoms with Crippen molar-refractivity contribution in [2.75, 3.05) is 5.32 Å². The van der Waals surface area contributed by atoms with Gasteiger partial charge in [0.25, 0.3) is 0 Å². The second-order valence-electron chi connectivity index (χ2n) is 3.65. The zero-order valence-corrected chi connectivity index (χ0v) is 9.77. The maximum absolute atomic E-state index is 4.26. The van der Waals surface area contributed by atoms with Gasteiger partial charge in [-0.3, -0.25) is 0 Å². The maximum Gasteiger partial charge on any atom is 0.126 e. The number of aryl methyl sites for hydroxylation is 2. The lowest BCUT2D eigenvalue weighted by molar-refractivity contribution is 1.10. The summed E-state index contributed by atoms with van der Waals surface area (Å²) in [7, 11) is 0. The van der Waals surface area contributed by atoms with E-state index in [1.54, 1.807) is 11.3 Å². The van der Waals surface area contributed by atoms with Gasteiger partial charge < -0.3 is 5.32 Å². The summed E-state index contributed by atoms with van der Waals surface area (Å²) in [4.78, 5) is 4.26. The Balaban J connectivity index is 2.02.